The van der Waals surface area contributed by atoms with Gasteiger partial charge in [-0.25, -0.2) is 0 Å². The van der Waals surface area contributed by atoms with Crippen LogP contribution in [0.5, 0.6) is 0 Å². The van der Waals surface area contributed by atoms with Crippen LogP contribution in [-0.4, -0.2) is 75.0 Å². The molecule has 4 unspecified atom stereocenters. The summed E-state index contributed by atoms with van der Waals surface area (Å²) in [5.74, 6) is -0.326. The Balaban J connectivity index is 1.12. The van der Waals surface area contributed by atoms with Crippen LogP contribution >= 0.6 is 0 Å². The van der Waals surface area contributed by atoms with E-state index in [-0.39, 0.29) is 24.1 Å². The number of carbonyl (C=O) groups is 2. The van der Waals surface area contributed by atoms with E-state index in [1.807, 2.05) is 0 Å². The van der Waals surface area contributed by atoms with Crippen LogP contribution in [0.1, 0.15) is 128 Å². The zero-order chi connectivity index (χ0) is 27.8. The molecule has 0 N–H and O–H groups in total. The van der Waals surface area contributed by atoms with Gasteiger partial charge in [0.15, 0.2) is 0 Å². The third kappa shape index (κ3) is 12.3. The van der Waals surface area contributed by atoms with Gasteiger partial charge in [-0.2, -0.15) is 0 Å². The molecule has 4 heterocycles. The number of ether oxygens (including phenoxy) is 6. The number of hydrogen-bond donors (Lipinski definition) is 0. The monoisotopic (exact) mass is 566 g/mol. The topological polar surface area (TPSA) is 89.5 Å². The Kier molecular flexibility index (Phi) is 14.5. The van der Waals surface area contributed by atoms with Crippen molar-refractivity contribution < 1.29 is 38.0 Å². The van der Waals surface area contributed by atoms with Crippen molar-refractivity contribution >= 4 is 11.9 Å². The molecule has 4 atom stereocenters. The lowest BCUT2D eigenvalue weighted by Crippen LogP contribution is -2.23. The van der Waals surface area contributed by atoms with E-state index in [0.717, 1.165) is 129 Å². The fourth-order valence-electron chi connectivity index (χ4n) is 6.53. The van der Waals surface area contributed by atoms with E-state index < -0.39 is 0 Å². The molecule has 4 aliphatic rings. The van der Waals surface area contributed by atoms with Gasteiger partial charge in [-0.05, 0) is 116 Å². The summed E-state index contributed by atoms with van der Waals surface area (Å²) in [5, 5.41) is 0. The van der Waals surface area contributed by atoms with Gasteiger partial charge in [0.05, 0.1) is 24.4 Å². The average Bonchev–Trinajstić information content (AvgIpc) is 3.78. The lowest BCUT2D eigenvalue weighted by molar-refractivity contribution is -0.152. The molecule has 0 radical (unpaired) electrons. The summed E-state index contributed by atoms with van der Waals surface area (Å²) in [4.78, 5) is 25.3. The quantitative estimate of drug-likeness (QED) is 0.135. The van der Waals surface area contributed by atoms with Gasteiger partial charge in [0.1, 0.15) is 12.2 Å². The standard InChI is InChI=1S/C32H54O8/c33-31(39-29(17-13-25-7-3-21-35-25)18-14-26-8-4-22-36-26)11-1-2-12-32(34)40-30(19-15-27-9-5-23-37-27)20-16-28-10-6-24-38-28/h25-30H,1-24H2. The number of esters is 2. The number of carbonyl (C=O) groups excluding carboxylic acids is 2. The SMILES string of the molecule is O=C(CCCCC(=O)OC(CCC1CCCO1)CCC1CCCO1)OC(CCC1CCCO1)CCC1CCCO1. The van der Waals surface area contributed by atoms with Gasteiger partial charge >= 0.3 is 11.9 Å². The first-order chi connectivity index (χ1) is 19.6. The van der Waals surface area contributed by atoms with E-state index in [4.69, 9.17) is 28.4 Å². The van der Waals surface area contributed by atoms with E-state index in [0.29, 0.717) is 50.1 Å². The molecule has 0 spiro atoms. The van der Waals surface area contributed by atoms with Crippen LogP contribution in [0.4, 0.5) is 0 Å². The van der Waals surface area contributed by atoms with Crippen molar-refractivity contribution in [1.29, 1.82) is 0 Å². The highest BCUT2D eigenvalue weighted by Crippen LogP contribution is 2.25. The summed E-state index contributed by atoms with van der Waals surface area (Å²) in [5.41, 5.74) is 0. The average molecular weight is 567 g/mol. The highest BCUT2D eigenvalue weighted by atomic mass is 16.5. The van der Waals surface area contributed by atoms with E-state index in [2.05, 4.69) is 0 Å². The third-order valence-corrected chi connectivity index (χ3v) is 8.95. The minimum Gasteiger partial charge on any atom is -0.462 e. The van der Waals surface area contributed by atoms with Crippen molar-refractivity contribution in [3.8, 4) is 0 Å². The van der Waals surface area contributed by atoms with Crippen molar-refractivity contribution in [1.82, 2.24) is 0 Å². The molecule has 8 heteroatoms. The molecule has 0 aromatic heterocycles. The number of unbranched alkanes of at least 4 members (excludes halogenated alkanes) is 1. The van der Waals surface area contributed by atoms with Gasteiger partial charge < -0.3 is 28.4 Å². The van der Waals surface area contributed by atoms with Crippen LogP contribution in [0, 0.1) is 0 Å². The van der Waals surface area contributed by atoms with Gasteiger partial charge in [-0.15, -0.1) is 0 Å². The Hall–Kier alpha value is -1.22. The minimum atomic E-state index is -0.163. The maximum absolute atomic E-state index is 12.7. The van der Waals surface area contributed by atoms with Crippen molar-refractivity contribution in [2.75, 3.05) is 26.4 Å². The van der Waals surface area contributed by atoms with E-state index in [1.54, 1.807) is 0 Å². The van der Waals surface area contributed by atoms with E-state index in [1.165, 1.54) is 0 Å². The first-order valence-corrected chi connectivity index (χ1v) is 16.5. The van der Waals surface area contributed by atoms with Gasteiger partial charge in [0, 0.05) is 39.3 Å². The normalized spacial score (nSPS) is 28.1. The molecule has 0 saturated carbocycles. The Morgan fingerprint density at radius 3 is 1.07 bits per heavy atom. The molecule has 230 valence electrons. The minimum absolute atomic E-state index is 0.0840. The fourth-order valence-corrected chi connectivity index (χ4v) is 6.53. The second-order valence-electron chi connectivity index (χ2n) is 12.3. The lowest BCUT2D eigenvalue weighted by Gasteiger charge is -2.21. The summed E-state index contributed by atoms with van der Waals surface area (Å²) >= 11 is 0. The summed E-state index contributed by atoms with van der Waals surface area (Å²) in [6.07, 6.45) is 19.0. The largest absolute Gasteiger partial charge is 0.462 e. The molecule has 4 rings (SSSR count). The molecule has 40 heavy (non-hydrogen) atoms. The molecule has 0 aromatic rings. The van der Waals surface area contributed by atoms with Crippen molar-refractivity contribution in [2.24, 2.45) is 0 Å². The van der Waals surface area contributed by atoms with Crippen LogP contribution in [0.25, 0.3) is 0 Å². The zero-order valence-corrected chi connectivity index (χ0v) is 24.7. The number of rotatable bonds is 19. The molecule has 4 saturated heterocycles. The summed E-state index contributed by atoms with van der Waals surface area (Å²) in [6, 6.07) is 0. The summed E-state index contributed by atoms with van der Waals surface area (Å²) in [6.45, 7) is 3.38. The Morgan fingerprint density at radius 2 is 0.825 bits per heavy atom. The maximum atomic E-state index is 12.7. The maximum Gasteiger partial charge on any atom is 0.306 e. The molecule has 4 aliphatic heterocycles. The molecule has 0 amide bonds. The van der Waals surface area contributed by atoms with E-state index in [9.17, 15) is 9.59 Å². The molecule has 4 fully saturated rings. The molecular formula is C32H54O8. The Bertz CT molecular complexity index is 606. The highest BCUT2D eigenvalue weighted by Gasteiger charge is 2.25. The zero-order valence-electron chi connectivity index (χ0n) is 24.7. The van der Waals surface area contributed by atoms with Crippen molar-refractivity contribution in [3.63, 3.8) is 0 Å². The molecule has 8 nitrogen and oxygen atoms in total. The van der Waals surface area contributed by atoms with Crippen LogP contribution in [0.15, 0.2) is 0 Å². The predicted octanol–water partition coefficient (Wildman–Crippen LogP) is 6.21. The first kappa shape index (κ1) is 31.7. The first-order valence-electron chi connectivity index (χ1n) is 16.5. The van der Waals surface area contributed by atoms with Crippen LogP contribution in [0.3, 0.4) is 0 Å². The molecular weight excluding hydrogens is 512 g/mol. The molecule has 0 aromatic carbocycles. The smallest absolute Gasteiger partial charge is 0.306 e. The lowest BCUT2D eigenvalue weighted by atomic mass is 10.0. The third-order valence-electron chi connectivity index (χ3n) is 8.95. The summed E-state index contributed by atoms with van der Waals surface area (Å²) < 4.78 is 34.9. The highest BCUT2D eigenvalue weighted by molar-refractivity contribution is 5.70. The van der Waals surface area contributed by atoms with Gasteiger partial charge in [0.2, 0.25) is 0 Å². The van der Waals surface area contributed by atoms with Gasteiger partial charge in [0.25, 0.3) is 0 Å². The second kappa shape index (κ2) is 18.3. The second-order valence-corrected chi connectivity index (χ2v) is 12.3. The molecule has 0 aliphatic carbocycles. The fraction of sp³-hybridized carbons (Fsp3) is 0.938. The number of hydrogen-bond acceptors (Lipinski definition) is 8. The van der Waals surface area contributed by atoms with E-state index >= 15 is 0 Å². The van der Waals surface area contributed by atoms with Crippen LogP contribution in [0.2, 0.25) is 0 Å². The summed E-state index contributed by atoms with van der Waals surface area (Å²) in [7, 11) is 0. The van der Waals surface area contributed by atoms with Crippen molar-refractivity contribution in [3.05, 3.63) is 0 Å². The Labute approximate surface area is 241 Å². The van der Waals surface area contributed by atoms with Gasteiger partial charge in [-0.3, -0.25) is 9.59 Å². The molecule has 0 bridgehead atoms. The predicted molar refractivity (Wildman–Crippen MR) is 151 cm³/mol. The van der Waals surface area contributed by atoms with Gasteiger partial charge in [-0.1, -0.05) is 0 Å². The van der Waals surface area contributed by atoms with Crippen LogP contribution < -0.4 is 0 Å². The van der Waals surface area contributed by atoms with Crippen LogP contribution in [-0.2, 0) is 38.0 Å². The Morgan fingerprint density at radius 1 is 0.525 bits per heavy atom. The van der Waals surface area contributed by atoms with Crippen molar-refractivity contribution in [2.45, 2.75) is 165 Å².